The first-order chi connectivity index (χ1) is 9.58. The van der Waals surface area contributed by atoms with Crippen LogP contribution in [0.5, 0.6) is 0 Å². The van der Waals surface area contributed by atoms with E-state index in [1.165, 1.54) is 0 Å². The maximum atomic E-state index is 11.7. The summed E-state index contributed by atoms with van der Waals surface area (Å²) >= 11 is 0. The van der Waals surface area contributed by atoms with Gasteiger partial charge < -0.3 is 25.1 Å². The molecule has 0 aliphatic heterocycles. The number of carbonyl (C=O) groups excluding carboxylic acids is 2. The van der Waals surface area contributed by atoms with Crippen molar-refractivity contribution in [3.8, 4) is 0 Å². The minimum Gasteiger partial charge on any atom is -0.480 e. The van der Waals surface area contributed by atoms with Crippen molar-refractivity contribution >= 4 is 17.8 Å². The first-order valence-electron chi connectivity index (χ1n) is 6.11. The standard InChI is InChI=1S/C12H17N3O6/c1-12(2,3)21-8(16)4-6(10(18)19)14-9(17)7-5-13-11(20)15-7/h5-6H,4H2,1-3H3,(H,14,17)(H,18,19)(H2,13,15,20)/t6-/m0/s1. The monoisotopic (exact) mass is 299 g/mol. The van der Waals surface area contributed by atoms with Crippen LogP contribution in [0, 0.1) is 0 Å². The van der Waals surface area contributed by atoms with Crippen molar-refractivity contribution in [2.45, 2.75) is 38.8 Å². The third-order valence-corrected chi connectivity index (χ3v) is 2.23. The summed E-state index contributed by atoms with van der Waals surface area (Å²) in [4.78, 5) is 49.6. The van der Waals surface area contributed by atoms with Crippen molar-refractivity contribution in [3.63, 3.8) is 0 Å². The lowest BCUT2D eigenvalue weighted by Gasteiger charge is -2.21. The van der Waals surface area contributed by atoms with Gasteiger partial charge >= 0.3 is 17.6 Å². The fourth-order valence-electron chi connectivity index (χ4n) is 1.44. The maximum absolute atomic E-state index is 11.7. The van der Waals surface area contributed by atoms with Gasteiger partial charge in [0.25, 0.3) is 5.91 Å². The molecule has 1 rings (SSSR count). The van der Waals surface area contributed by atoms with Crippen LogP contribution in [0.25, 0.3) is 0 Å². The number of hydrogen-bond acceptors (Lipinski definition) is 5. The van der Waals surface area contributed by atoms with E-state index >= 15 is 0 Å². The number of esters is 1. The molecular formula is C12H17N3O6. The van der Waals surface area contributed by atoms with Crippen LogP contribution < -0.4 is 11.0 Å². The Morgan fingerprint density at radius 2 is 2.00 bits per heavy atom. The fraction of sp³-hybridized carbons (Fsp3) is 0.500. The van der Waals surface area contributed by atoms with Gasteiger partial charge in [-0.1, -0.05) is 0 Å². The number of hydrogen-bond donors (Lipinski definition) is 4. The van der Waals surface area contributed by atoms with E-state index in [9.17, 15) is 19.2 Å². The van der Waals surface area contributed by atoms with E-state index < -0.39 is 41.6 Å². The van der Waals surface area contributed by atoms with E-state index in [-0.39, 0.29) is 5.69 Å². The lowest BCUT2D eigenvalue weighted by molar-refractivity contribution is -0.158. The van der Waals surface area contributed by atoms with Crippen LogP contribution in [-0.2, 0) is 14.3 Å². The Morgan fingerprint density at radius 3 is 2.43 bits per heavy atom. The van der Waals surface area contributed by atoms with Crippen molar-refractivity contribution in [1.29, 1.82) is 0 Å². The zero-order chi connectivity index (χ0) is 16.2. The molecule has 0 bridgehead atoms. The maximum Gasteiger partial charge on any atom is 0.326 e. The zero-order valence-corrected chi connectivity index (χ0v) is 11.9. The van der Waals surface area contributed by atoms with Crippen LogP contribution in [0.2, 0.25) is 0 Å². The van der Waals surface area contributed by atoms with Crippen molar-refractivity contribution in [1.82, 2.24) is 15.3 Å². The fourth-order valence-corrected chi connectivity index (χ4v) is 1.44. The summed E-state index contributed by atoms with van der Waals surface area (Å²) in [6, 6.07) is -1.45. The molecule has 0 saturated carbocycles. The molecule has 0 aliphatic carbocycles. The van der Waals surface area contributed by atoms with Gasteiger partial charge in [0.15, 0.2) is 0 Å². The number of aliphatic carboxylic acids is 1. The molecule has 9 nitrogen and oxygen atoms in total. The topological polar surface area (TPSA) is 141 Å². The number of ether oxygens (including phenoxy) is 1. The summed E-state index contributed by atoms with van der Waals surface area (Å²) in [6.45, 7) is 4.93. The summed E-state index contributed by atoms with van der Waals surface area (Å²) in [5.41, 5.74) is -1.48. The van der Waals surface area contributed by atoms with E-state index in [4.69, 9.17) is 9.84 Å². The molecule has 9 heteroatoms. The van der Waals surface area contributed by atoms with E-state index in [2.05, 4.69) is 15.3 Å². The molecule has 21 heavy (non-hydrogen) atoms. The smallest absolute Gasteiger partial charge is 0.326 e. The molecule has 1 heterocycles. The van der Waals surface area contributed by atoms with Gasteiger partial charge in [0.05, 0.1) is 6.42 Å². The molecule has 0 aromatic carbocycles. The predicted molar refractivity (Wildman–Crippen MR) is 70.8 cm³/mol. The van der Waals surface area contributed by atoms with Crippen molar-refractivity contribution in [3.05, 3.63) is 22.4 Å². The summed E-state index contributed by atoms with van der Waals surface area (Å²) in [6.07, 6.45) is 0.580. The SMILES string of the molecule is CC(C)(C)OC(=O)C[C@H](NC(=O)c1c[nH]c(=O)[nH]1)C(=O)O. The number of H-pyrrole nitrogens is 2. The molecule has 0 spiro atoms. The van der Waals surface area contributed by atoms with E-state index in [1.54, 1.807) is 20.8 Å². The lowest BCUT2D eigenvalue weighted by atomic mass is 10.1. The highest BCUT2D eigenvalue weighted by Gasteiger charge is 2.27. The number of aromatic nitrogens is 2. The minimum atomic E-state index is -1.45. The highest BCUT2D eigenvalue weighted by molar-refractivity contribution is 5.95. The first kappa shape index (κ1) is 16.5. The number of rotatable bonds is 5. The Kier molecular flexibility index (Phi) is 4.90. The second-order valence-electron chi connectivity index (χ2n) is 5.31. The average molecular weight is 299 g/mol. The van der Waals surface area contributed by atoms with Gasteiger partial charge in [0, 0.05) is 6.20 Å². The van der Waals surface area contributed by atoms with Gasteiger partial charge in [-0.3, -0.25) is 9.59 Å². The van der Waals surface area contributed by atoms with Gasteiger partial charge in [0.2, 0.25) is 0 Å². The lowest BCUT2D eigenvalue weighted by Crippen LogP contribution is -2.43. The van der Waals surface area contributed by atoms with Crippen LogP contribution in [-0.4, -0.2) is 44.6 Å². The van der Waals surface area contributed by atoms with Crippen LogP contribution in [0.4, 0.5) is 0 Å². The molecule has 0 fully saturated rings. The summed E-state index contributed by atoms with van der Waals surface area (Å²) in [5, 5.41) is 11.2. The molecular weight excluding hydrogens is 282 g/mol. The van der Waals surface area contributed by atoms with Crippen LogP contribution in [0.1, 0.15) is 37.7 Å². The second-order valence-corrected chi connectivity index (χ2v) is 5.31. The van der Waals surface area contributed by atoms with Crippen molar-refractivity contribution < 1.29 is 24.2 Å². The van der Waals surface area contributed by atoms with E-state index in [0.29, 0.717) is 0 Å². The number of imidazole rings is 1. The number of carboxylic acids is 1. The molecule has 116 valence electrons. The summed E-state index contributed by atoms with van der Waals surface area (Å²) in [5.74, 6) is -2.95. The number of aromatic amines is 2. The molecule has 1 aromatic heterocycles. The molecule has 1 atom stereocenters. The molecule has 0 saturated heterocycles. The van der Waals surface area contributed by atoms with Gasteiger partial charge in [-0.05, 0) is 20.8 Å². The van der Waals surface area contributed by atoms with Gasteiger partial charge in [0.1, 0.15) is 17.3 Å². The van der Waals surface area contributed by atoms with Crippen molar-refractivity contribution in [2.75, 3.05) is 0 Å². The average Bonchev–Trinajstić information content (AvgIpc) is 2.72. The molecule has 1 aromatic rings. The van der Waals surface area contributed by atoms with Crippen LogP contribution in [0.15, 0.2) is 11.0 Å². The summed E-state index contributed by atoms with van der Waals surface area (Å²) in [7, 11) is 0. The Balaban J connectivity index is 2.70. The molecule has 0 aliphatic rings. The highest BCUT2D eigenvalue weighted by atomic mass is 16.6. The van der Waals surface area contributed by atoms with Gasteiger partial charge in [-0.25, -0.2) is 9.59 Å². The van der Waals surface area contributed by atoms with E-state index in [0.717, 1.165) is 6.20 Å². The number of nitrogens with one attached hydrogen (secondary N) is 3. The molecule has 1 amide bonds. The Hall–Kier alpha value is -2.58. The van der Waals surface area contributed by atoms with Gasteiger partial charge in [-0.15, -0.1) is 0 Å². The van der Waals surface area contributed by atoms with Crippen LogP contribution >= 0.6 is 0 Å². The number of carbonyl (C=O) groups is 3. The largest absolute Gasteiger partial charge is 0.480 e. The first-order valence-corrected chi connectivity index (χ1v) is 6.11. The van der Waals surface area contributed by atoms with Crippen LogP contribution in [0.3, 0.4) is 0 Å². The number of carboxylic acid groups (broad SMARTS) is 1. The quantitative estimate of drug-likeness (QED) is 0.546. The Bertz CT molecular complexity index is 595. The van der Waals surface area contributed by atoms with Gasteiger partial charge in [-0.2, -0.15) is 0 Å². The third kappa shape index (κ3) is 5.51. The molecule has 0 unspecified atom stereocenters. The van der Waals surface area contributed by atoms with E-state index in [1.807, 2.05) is 0 Å². The summed E-state index contributed by atoms with van der Waals surface area (Å²) < 4.78 is 4.99. The normalized spacial score (nSPS) is 12.5. The minimum absolute atomic E-state index is 0.129. The second kappa shape index (κ2) is 6.25. The zero-order valence-electron chi connectivity index (χ0n) is 11.9. The highest BCUT2D eigenvalue weighted by Crippen LogP contribution is 2.09. The molecule has 4 N–H and O–H groups in total. The Labute approximate surface area is 119 Å². The predicted octanol–water partition coefficient (Wildman–Crippen LogP) is -0.382. The third-order valence-electron chi connectivity index (χ3n) is 2.23. The number of amides is 1. The Morgan fingerprint density at radius 1 is 1.38 bits per heavy atom. The van der Waals surface area contributed by atoms with Crippen molar-refractivity contribution in [2.24, 2.45) is 0 Å². The molecule has 0 radical (unpaired) electrons.